The molecule has 1 fully saturated rings. The zero-order valence-electron chi connectivity index (χ0n) is 12.7. The molecule has 0 saturated carbocycles. The molecule has 5 heteroatoms. The number of carbonyl (C=O) groups is 1. The van der Waals surface area contributed by atoms with Gasteiger partial charge >= 0.3 is 5.97 Å². The molecule has 1 atom stereocenters. The first-order valence-electron chi connectivity index (χ1n) is 7.17. The number of aliphatic carboxylic acids is 1. The molecule has 1 heterocycles. The average molecular weight is 312 g/mol. The third-order valence-electron chi connectivity index (χ3n) is 4.53. The van der Waals surface area contributed by atoms with E-state index in [1.165, 1.54) is 0 Å². The summed E-state index contributed by atoms with van der Waals surface area (Å²) in [7, 11) is 1.59. The van der Waals surface area contributed by atoms with Gasteiger partial charge < -0.3 is 9.84 Å². The van der Waals surface area contributed by atoms with E-state index in [1.807, 2.05) is 32.0 Å². The molecule has 1 unspecified atom stereocenters. The van der Waals surface area contributed by atoms with Crippen molar-refractivity contribution in [3.8, 4) is 5.75 Å². The van der Waals surface area contributed by atoms with Gasteiger partial charge in [0.25, 0.3) is 0 Å². The highest BCUT2D eigenvalue weighted by molar-refractivity contribution is 6.32. The molecule has 1 saturated heterocycles. The molecule has 1 aromatic carbocycles. The predicted molar refractivity (Wildman–Crippen MR) is 82.8 cm³/mol. The van der Waals surface area contributed by atoms with Crippen LogP contribution in [0.3, 0.4) is 0 Å². The first kappa shape index (κ1) is 16.1. The predicted octanol–water partition coefficient (Wildman–Crippen LogP) is 3.28. The van der Waals surface area contributed by atoms with Crippen LogP contribution in [0.2, 0.25) is 5.02 Å². The summed E-state index contributed by atoms with van der Waals surface area (Å²) in [5.41, 5.74) is 0.446. The summed E-state index contributed by atoms with van der Waals surface area (Å²) in [4.78, 5) is 13.8. The molecule has 1 aliphatic rings. The number of rotatable bonds is 5. The SMILES string of the molecule is COc1ccc(CN2CCC(C(=O)O)(C(C)C)C2)cc1Cl. The first-order valence-corrected chi connectivity index (χ1v) is 7.55. The van der Waals surface area contributed by atoms with Gasteiger partial charge in [-0.25, -0.2) is 0 Å². The topological polar surface area (TPSA) is 49.8 Å². The Hall–Kier alpha value is -1.26. The molecule has 0 bridgehead atoms. The van der Waals surface area contributed by atoms with Gasteiger partial charge in [-0.15, -0.1) is 0 Å². The van der Waals surface area contributed by atoms with Crippen LogP contribution in [-0.2, 0) is 11.3 Å². The Morgan fingerprint density at radius 2 is 2.24 bits per heavy atom. The van der Waals surface area contributed by atoms with Gasteiger partial charge in [0.15, 0.2) is 0 Å². The number of methoxy groups -OCH3 is 1. The third-order valence-corrected chi connectivity index (χ3v) is 4.83. The number of benzene rings is 1. The van der Waals surface area contributed by atoms with Gasteiger partial charge in [-0.05, 0) is 36.6 Å². The van der Waals surface area contributed by atoms with E-state index in [9.17, 15) is 9.90 Å². The number of hydrogen-bond donors (Lipinski definition) is 1. The van der Waals surface area contributed by atoms with E-state index in [4.69, 9.17) is 16.3 Å². The lowest BCUT2D eigenvalue weighted by Crippen LogP contribution is -2.39. The second-order valence-corrected chi connectivity index (χ2v) is 6.45. The quantitative estimate of drug-likeness (QED) is 0.906. The number of likely N-dealkylation sites (tertiary alicyclic amines) is 1. The zero-order chi connectivity index (χ0) is 15.6. The Morgan fingerprint density at radius 1 is 1.52 bits per heavy atom. The van der Waals surface area contributed by atoms with E-state index in [2.05, 4.69) is 4.90 Å². The van der Waals surface area contributed by atoms with Crippen LogP contribution in [-0.4, -0.2) is 36.2 Å². The molecule has 116 valence electrons. The third kappa shape index (κ3) is 3.16. The number of ether oxygens (including phenoxy) is 1. The zero-order valence-corrected chi connectivity index (χ0v) is 13.5. The minimum absolute atomic E-state index is 0.124. The van der Waals surface area contributed by atoms with E-state index < -0.39 is 11.4 Å². The first-order chi connectivity index (χ1) is 9.89. The van der Waals surface area contributed by atoms with E-state index in [-0.39, 0.29) is 5.92 Å². The summed E-state index contributed by atoms with van der Waals surface area (Å²) in [6, 6.07) is 5.71. The van der Waals surface area contributed by atoms with Crippen molar-refractivity contribution in [2.75, 3.05) is 20.2 Å². The molecule has 1 aliphatic heterocycles. The Kier molecular flexibility index (Phi) is 4.79. The monoisotopic (exact) mass is 311 g/mol. The maximum atomic E-state index is 11.6. The molecule has 0 amide bonds. The van der Waals surface area contributed by atoms with Crippen molar-refractivity contribution < 1.29 is 14.6 Å². The second-order valence-electron chi connectivity index (χ2n) is 6.05. The lowest BCUT2D eigenvalue weighted by atomic mass is 9.76. The number of halogens is 1. The van der Waals surface area contributed by atoms with Gasteiger partial charge in [-0.1, -0.05) is 31.5 Å². The van der Waals surface area contributed by atoms with Gasteiger partial charge in [-0.2, -0.15) is 0 Å². The van der Waals surface area contributed by atoms with Crippen molar-refractivity contribution in [3.05, 3.63) is 28.8 Å². The van der Waals surface area contributed by atoms with Crippen LogP contribution in [0.1, 0.15) is 25.8 Å². The van der Waals surface area contributed by atoms with Crippen molar-refractivity contribution in [3.63, 3.8) is 0 Å². The van der Waals surface area contributed by atoms with Crippen LogP contribution >= 0.6 is 11.6 Å². The van der Waals surface area contributed by atoms with Crippen LogP contribution in [0.25, 0.3) is 0 Å². The Balaban J connectivity index is 2.09. The molecule has 1 aromatic rings. The maximum absolute atomic E-state index is 11.6. The summed E-state index contributed by atoms with van der Waals surface area (Å²) in [5, 5.41) is 10.2. The van der Waals surface area contributed by atoms with Crippen LogP contribution < -0.4 is 4.74 Å². The van der Waals surface area contributed by atoms with Crippen LogP contribution in [0, 0.1) is 11.3 Å². The normalized spacial score (nSPS) is 22.7. The second kappa shape index (κ2) is 6.24. The number of nitrogens with zero attached hydrogens (tertiary/aromatic N) is 1. The fraction of sp³-hybridized carbons (Fsp3) is 0.562. The summed E-state index contributed by atoms with van der Waals surface area (Å²) in [6.07, 6.45) is 0.698. The van der Waals surface area contributed by atoms with Crippen LogP contribution in [0.15, 0.2) is 18.2 Å². The van der Waals surface area contributed by atoms with Gasteiger partial charge in [0.05, 0.1) is 17.5 Å². The van der Waals surface area contributed by atoms with Crippen molar-refractivity contribution in [1.82, 2.24) is 4.90 Å². The van der Waals surface area contributed by atoms with Crippen molar-refractivity contribution >= 4 is 17.6 Å². The summed E-state index contributed by atoms with van der Waals surface area (Å²) < 4.78 is 5.14. The molecule has 0 aliphatic carbocycles. The minimum Gasteiger partial charge on any atom is -0.495 e. The lowest BCUT2D eigenvalue weighted by molar-refractivity contribution is -0.151. The van der Waals surface area contributed by atoms with Crippen molar-refractivity contribution in [1.29, 1.82) is 0 Å². The van der Waals surface area contributed by atoms with Gasteiger partial charge in [0, 0.05) is 13.1 Å². The molecular weight excluding hydrogens is 290 g/mol. The van der Waals surface area contributed by atoms with E-state index in [0.29, 0.717) is 30.3 Å². The van der Waals surface area contributed by atoms with E-state index in [0.717, 1.165) is 12.1 Å². The van der Waals surface area contributed by atoms with Gasteiger partial charge in [0.2, 0.25) is 0 Å². The molecule has 0 aromatic heterocycles. The van der Waals surface area contributed by atoms with Crippen LogP contribution in [0.4, 0.5) is 0 Å². The van der Waals surface area contributed by atoms with Crippen molar-refractivity contribution in [2.24, 2.45) is 11.3 Å². The van der Waals surface area contributed by atoms with E-state index in [1.54, 1.807) is 7.11 Å². The molecule has 2 rings (SSSR count). The summed E-state index contributed by atoms with van der Waals surface area (Å²) in [6.45, 7) is 6.08. The highest BCUT2D eigenvalue weighted by atomic mass is 35.5. The molecule has 21 heavy (non-hydrogen) atoms. The summed E-state index contributed by atoms with van der Waals surface area (Å²) in [5.74, 6) is 0.0936. The smallest absolute Gasteiger partial charge is 0.311 e. The molecule has 0 spiro atoms. The van der Waals surface area contributed by atoms with Crippen molar-refractivity contribution in [2.45, 2.75) is 26.8 Å². The number of carboxylic acid groups (broad SMARTS) is 1. The van der Waals surface area contributed by atoms with Gasteiger partial charge in [0.1, 0.15) is 5.75 Å². The molecule has 0 radical (unpaired) electrons. The molecular formula is C16H22ClNO3. The molecule has 1 N–H and O–H groups in total. The Morgan fingerprint density at radius 3 is 2.71 bits per heavy atom. The number of hydrogen-bond acceptors (Lipinski definition) is 3. The average Bonchev–Trinajstić information content (AvgIpc) is 2.84. The minimum atomic E-state index is -0.687. The fourth-order valence-corrected chi connectivity index (χ4v) is 3.29. The van der Waals surface area contributed by atoms with E-state index >= 15 is 0 Å². The standard InChI is InChI=1S/C16H22ClNO3/c1-11(2)16(15(19)20)6-7-18(10-16)9-12-4-5-14(21-3)13(17)8-12/h4-5,8,11H,6-7,9-10H2,1-3H3,(H,19,20). The fourth-order valence-electron chi connectivity index (χ4n) is 3.01. The van der Waals surface area contributed by atoms with Gasteiger partial charge in [-0.3, -0.25) is 9.69 Å². The highest BCUT2D eigenvalue weighted by Crippen LogP contribution is 2.39. The maximum Gasteiger partial charge on any atom is 0.311 e. The largest absolute Gasteiger partial charge is 0.495 e. The van der Waals surface area contributed by atoms with Crippen LogP contribution in [0.5, 0.6) is 5.75 Å². The Bertz CT molecular complexity index is 532. The number of carboxylic acids is 1. The summed E-state index contributed by atoms with van der Waals surface area (Å²) >= 11 is 6.13. The lowest BCUT2D eigenvalue weighted by Gasteiger charge is -2.28. The highest BCUT2D eigenvalue weighted by Gasteiger charge is 2.47. The molecule has 4 nitrogen and oxygen atoms in total. The Labute approximate surface area is 130 Å².